The molecule has 0 radical (unpaired) electrons. The smallest absolute Gasteiger partial charge is 0.159 e. The normalized spacial score (nSPS) is 12.8. The van der Waals surface area contributed by atoms with Crippen LogP contribution in [0.4, 0.5) is 8.78 Å². The van der Waals surface area contributed by atoms with Gasteiger partial charge < -0.3 is 5.73 Å². The summed E-state index contributed by atoms with van der Waals surface area (Å²) in [6.45, 7) is 1.79. The third-order valence-corrected chi connectivity index (χ3v) is 3.17. The van der Waals surface area contributed by atoms with Gasteiger partial charge in [-0.2, -0.15) is 0 Å². The molecule has 1 aromatic heterocycles. The van der Waals surface area contributed by atoms with E-state index in [1.54, 1.807) is 6.92 Å². The molecule has 3 nitrogen and oxygen atoms in total. The summed E-state index contributed by atoms with van der Waals surface area (Å²) in [6, 6.07) is 3.42. The first kappa shape index (κ1) is 11.1. The van der Waals surface area contributed by atoms with Crippen LogP contribution < -0.4 is 5.73 Å². The Bertz CT molecular complexity index is 511. The van der Waals surface area contributed by atoms with Gasteiger partial charge in [0.05, 0.1) is 6.04 Å². The molecule has 0 spiro atoms. The van der Waals surface area contributed by atoms with E-state index in [-0.39, 0.29) is 6.04 Å². The van der Waals surface area contributed by atoms with Gasteiger partial charge in [-0.3, -0.25) is 0 Å². The molecule has 16 heavy (non-hydrogen) atoms. The maximum Gasteiger partial charge on any atom is 0.159 e. The Morgan fingerprint density at radius 2 is 2.00 bits per heavy atom. The molecule has 0 fully saturated rings. The van der Waals surface area contributed by atoms with Gasteiger partial charge in [0, 0.05) is 5.56 Å². The highest BCUT2D eigenvalue weighted by Gasteiger charge is 2.11. The van der Waals surface area contributed by atoms with E-state index in [9.17, 15) is 8.78 Å². The van der Waals surface area contributed by atoms with Gasteiger partial charge in [0.2, 0.25) is 0 Å². The van der Waals surface area contributed by atoms with Crippen LogP contribution in [-0.4, -0.2) is 10.2 Å². The molecule has 0 aliphatic heterocycles. The predicted octanol–water partition coefficient (Wildman–Crippen LogP) is 2.50. The largest absolute Gasteiger partial charge is 0.322 e. The Morgan fingerprint density at radius 1 is 1.25 bits per heavy atom. The first-order valence-corrected chi connectivity index (χ1v) is 5.44. The third kappa shape index (κ3) is 2.07. The van der Waals surface area contributed by atoms with Crippen molar-refractivity contribution in [3.8, 4) is 10.6 Å². The SMILES string of the molecule is CC(N)c1nnc(-c2ccc(F)c(F)c2)s1. The van der Waals surface area contributed by atoms with Crippen molar-refractivity contribution in [1.29, 1.82) is 0 Å². The molecule has 1 atom stereocenters. The molecule has 6 heteroatoms. The number of hydrogen-bond acceptors (Lipinski definition) is 4. The number of nitrogens with zero attached hydrogens (tertiary/aromatic N) is 2. The lowest BCUT2D eigenvalue weighted by Crippen LogP contribution is -2.03. The van der Waals surface area contributed by atoms with E-state index < -0.39 is 11.6 Å². The zero-order valence-corrected chi connectivity index (χ0v) is 9.26. The minimum Gasteiger partial charge on any atom is -0.322 e. The van der Waals surface area contributed by atoms with Crippen LogP contribution in [-0.2, 0) is 0 Å². The van der Waals surface area contributed by atoms with E-state index in [2.05, 4.69) is 10.2 Å². The Morgan fingerprint density at radius 3 is 2.56 bits per heavy atom. The summed E-state index contributed by atoms with van der Waals surface area (Å²) >= 11 is 1.27. The second-order valence-corrected chi connectivity index (χ2v) is 4.37. The van der Waals surface area contributed by atoms with Crippen molar-refractivity contribution < 1.29 is 8.78 Å². The third-order valence-electron chi connectivity index (χ3n) is 2.00. The van der Waals surface area contributed by atoms with E-state index >= 15 is 0 Å². The molecule has 0 bridgehead atoms. The predicted molar refractivity (Wildman–Crippen MR) is 57.9 cm³/mol. The lowest BCUT2D eigenvalue weighted by molar-refractivity contribution is 0.509. The molecule has 84 valence electrons. The number of benzene rings is 1. The molecule has 1 unspecified atom stereocenters. The highest BCUT2D eigenvalue weighted by Crippen LogP contribution is 2.26. The number of halogens is 2. The lowest BCUT2D eigenvalue weighted by atomic mass is 10.2. The fourth-order valence-electron chi connectivity index (χ4n) is 1.16. The molecule has 0 saturated carbocycles. The number of rotatable bonds is 2. The second kappa shape index (κ2) is 4.23. The van der Waals surface area contributed by atoms with Crippen molar-refractivity contribution in [2.24, 2.45) is 5.73 Å². The van der Waals surface area contributed by atoms with Crippen molar-refractivity contribution in [2.75, 3.05) is 0 Å². The topological polar surface area (TPSA) is 51.8 Å². The van der Waals surface area contributed by atoms with E-state index in [4.69, 9.17) is 5.73 Å². The van der Waals surface area contributed by atoms with Crippen LogP contribution >= 0.6 is 11.3 Å². The molecule has 2 N–H and O–H groups in total. The summed E-state index contributed by atoms with van der Waals surface area (Å²) in [4.78, 5) is 0. The number of nitrogens with two attached hydrogens (primary N) is 1. The van der Waals surface area contributed by atoms with Gasteiger partial charge in [0.1, 0.15) is 10.0 Å². The van der Waals surface area contributed by atoms with Gasteiger partial charge in [-0.1, -0.05) is 11.3 Å². The first-order valence-electron chi connectivity index (χ1n) is 4.62. The van der Waals surface area contributed by atoms with E-state index in [0.717, 1.165) is 12.1 Å². The Labute approximate surface area is 94.9 Å². The average Bonchev–Trinajstić information content (AvgIpc) is 2.71. The standard InChI is InChI=1S/C10H9F2N3S/c1-5(13)9-14-15-10(16-9)6-2-3-7(11)8(12)4-6/h2-5H,13H2,1H3. The van der Waals surface area contributed by atoms with Crippen molar-refractivity contribution in [3.63, 3.8) is 0 Å². The number of hydrogen-bond donors (Lipinski definition) is 1. The summed E-state index contributed by atoms with van der Waals surface area (Å²) in [7, 11) is 0. The lowest BCUT2D eigenvalue weighted by Gasteiger charge is -1.97. The molecule has 2 rings (SSSR count). The van der Waals surface area contributed by atoms with Crippen LogP contribution in [0, 0.1) is 11.6 Å². The maximum atomic E-state index is 13.0. The van der Waals surface area contributed by atoms with Gasteiger partial charge in [-0.15, -0.1) is 10.2 Å². The zero-order chi connectivity index (χ0) is 11.7. The van der Waals surface area contributed by atoms with E-state index in [1.807, 2.05) is 0 Å². The molecular weight excluding hydrogens is 232 g/mol. The first-order chi connectivity index (χ1) is 7.58. The van der Waals surface area contributed by atoms with Crippen molar-refractivity contribution >= 4 is 11.3 Å². The monoisotopic (exact) mass is 241 g/mol. The fraction of sp³-hybridized carbons (Fsp3) is 0.200. The fourth-order valence-corrected chi connectivity index (χ4v) is 1.96. The van der Waals surface area contributed by atoms with Crippen LogP contribution in [0.15, 0.2) is 18.2 Å². The molecule has 1 heterocycles. The van der Waals surface area contributed by atoms with Crippen molar-refractivity contribution in [1.82, 2.24) is 10.2 Å². The Hall–Kier alpha value is -1.40. The van der Waals surface area contributed by atoms with E-state index in [0.29, 0.717) is 15.6 Å². The van der Waals surface area contributed by atoms with Crippen molar-refractivity contribution in [2.45, 2.75) is 13.0 Å². The summed E-state index contributed by atoms with van der Waals surface area (Å²) in [5, 5.41) is 8.95. The average molecular weight is 241 g/mol. The summed E-state index contributed by atoms with van der Waals surface area (Å²) in [5.74, 6) is -1.77. The Kier molecular flexibility index (Phi) is 2.93. The molecule has 0 aliphatic carbocycles. The van der Waals surface area contributed by atoms with E-state index in [1.165, 1.54) is 17.4 Å². The molecule has 0 amide bonds. The minimum atomic E-state index is -0.893. The minimum absolute atomic E-state index is 0.212. The van der Waals surface area contributed by atoms with Gasteiger partial charge in [0.25, 0.3) is 0 Å². The van der Waals surface area contributed by atoms with Crippen LogP contribution in [0.3, 0.4) is 0 Å². The zero-order valence-electron chi connectivity index (χ0n) is 8.45. The summed E-state index contributed by atoms with van der Waals surface area (Å²) in [6.07, 6.45) is 0. The molecule has 0 aliphatic rings. The Balaban J connectivity index is 2.39. The van der Waals surface area contributed by atoms with Crippen LogP contribution in [0.1, 0.15) is 18.0 Å². The highest BCUT2D eigenvalue weighted by molar-refractivity contribution is 7.14. The van der Waals surface area contributed by atoms with Crippen molar-refractivity contribution in [3.05, 3.63) is 34.8 Å². The van der Waals surface area contributed by atoms with Gasteiger partial charge in [0.15, 0.2) is 11.6 Å². The van der Waals surface area contributed by atoms with Gasteiger partial charge in [-0.25, -0.2) is 8.78 Å². The summed E-state index contributed by atoms with van der Waals surface area (Å²) in [5.41, 5.74) is 6.14. The molecule has 0 saturated heterocycles. The molecule has 2 aromatic rings. The maximum absolute atomic E-state index is 13.0. The molecule has 1 aromatic carbocycles. The van der Waals surface area contributed by atoms with Gasteiger partial charge in [-0.05, 0) is 25.1 Å². The van der Waals surface area contributed by atoms with Crippen LogP contribution in [0.25, 0.3) is 10.6 Å². The van der Waals surface area contributed by atoms with Crippen LogP contribution in [0.2, 0.25) is 0 Å². The number of aromatic nitrogens is 2. The highest BCUT2D eigenvalue weighted by atomic mass is 32.1. The summed E-state index contributed by atoms with van der Waals surface area (Å²) < 4.78 is 25.7. The quantitative estimate of drug-likeness (QED) is 0.878. The molecular formula is C10H9F2N3S. The second-order valence-electron chi connectivity index (χ2n) is 3.36. The van der Waals surface area contributed by atoms with Crippen LogP contribution in [0.5, 0.6) is 0 Å². The van der Waals surface area contributed by atoms with Gasteiger partial charge >= 0.3 is 0 Å².